The van der Waals surface area contributed by atoms with Gasteiger partial charge in [0.15, 0.2) is 6.29 Å². The number of rotatable bonds is 5. The molecule has 1 amide bonds. The van der Waals surface area contributed by atoms with Crippen LogP contribution in [-0.2, 0) is 19.0 Å². The van der Waals surface area contributed by atoms with Crippen LogP contribution in [0.2, 0.25) is 0 Å². The normalized spacial score (nSPS) is 50.4. The highest BCUT2D eigenvalue weighted by Crippen LogP contribution is 2.87. The molecule has 0 bridgehead atoms. The third-order valence-corrected chi connectivity index (χ3v) is 15.7. The molecule has 274 valence electrons. The zero-order valence-corrected chi connectivity index (χ0v) is 31.3. The lowest BCUT2D eigenvalue weighted by molar-refractivity contribution is -0.245. The molecule has 48 heavy (non-hydrogen) atoms. The van der Waals surface area contributed by atoms with E-state index in [2.05, 4.69) is 48.5 Å². The van der Waals surface area contributed by atoms with Gasteiger partial charge >= 0.3 is 0 Å². The van der Waals surface area contributed by atoms with E-state index in [1.54, 1.807) is 13.8 Å². The van der Waals surface area contributed by atoms with E-state index in [1.165, 1.54) is 6.42 Å². The van der Waals surface area contributed by atoms with Gasteiger partial charge in [-0.3, -0.25) is 4.79 Å². The Morgan fingerprint density at radius 3 is 2.38 bits per heavy atom. The fourth-order valence-corrected chi connectivity index (χ4v) is 13.5. The van der Waals surface area contributed by atoms with Crippen molar-refractivity contribution < 1.29 is 34.3 Å². The summed E-state index contributed by atoms with van der Waals surface area (Å²) < 4.78 is 19.5. The van der Waals surface area contributed by atoms with Gasteiger partial charge in [-0.05, 0) is 116 Å². The molecule has 2 spiro atoms. The van der Waals surface area contributed by atoms with Crippen molar-refractivity contribution in [3.05, 3.63) is 0 Å². The average Bonchev–Trinajstić information content (AvgIpc) is 3.61. The number of aliphatic hydroxyl groups excluding tert-OH is 2. The molecule has 0 aromatic carbocycles. The zero-order chi connectivity index (χ0) is 35.0. The number of morpholine rings is 1. The van der Waals surface area contributed by atoms with Crippen LogP contribution in [0.3, 0.4) is 0 Å². The van der Waals surface area contributed by atoms with Gasteiger partial charge in [-0.25, -0.2) is 0 Å². The van der Waals surface area contributed by atoms with Gasteiger partial charge in [0, 0.05) is 13.0 Å². The Kier molecular flexibility index (Phi) is 8.23. The Hall–Kier alpha value is -0.810. The minimum atomic E-state index is -1.29. The summed E-state index contributed by atoms with van der Waals surface area (Å²) in [4.78, 5) is 15.0. The Labute approximate surface area is 289 Å². The Bertz CT molecular complexity index is 1280. The van der Waals surface area contributed by atoms with Crippen LogP contribution in [0.1, 0.15) is 120 Å². The first kappa shape index (κ1) is 35.6. The maximum atomic E-state index is 13.0. The van der Waals surface area contributed by atoms with Crippen LogP contribution in [0.4, 0.5) is 0 Å². The van der Waals surface area contributed by atoms with Crippen LogP contribution >= 0.6 is 0 Å². The van der Waals surface area contributed by atoms with Crippen LogP contribution in [0.5, 0.6) is 0 Å². The van der Waals surface area contributed by atoms with E-state index in [-0.39, 0.29) is 56.8 Å². The largest absolute Gasteiger partial charge is 0.388 e. The van der Waals surface area contributed by atoms with E-state index >= 15 is 0 Å². The van der Waals surface area contributed by atoms with E-state index in [9.17, 15) is 20.1 Å². The number of amides is 1. The first-order chi connectivity index (χ1) is 22.1. The highest BCUT2D eigenvalue weighted by atomic mass is 16.7. The van der Waals surface area contributed by atoms with Crippen molar-refractivity contribution in [3.63, 3.8) is 0 Å². The van der Waals surface area contributed by atoms with Crippen LogP contribution < -0.4 is 5.73 Å². The highest BCUT2D eigenvalue weighted by molar-refractivity contribution is 5.76. The third-order valence-electron chi connectivity index (χ3n) is 15.7. The Morgan fingerprint density at radius 1 is 1.04 bits per heavy atom. The second-order valence-electron chi connectivity index (χ2n) is 20.3. The number of nitrogens with two attached hydrogens (primary N) is 1. The molecule has 2 heterocycles. The highest BCUT2D eigenvalue weighted by Gasteiger charge is 2.85. The number of ether oxygens (including phenoxy) is 3. The molecule has 5 aliphatic carbocycles. The summed E-state index contributed by atoms with van der Waals surface area (Å²) in [5.74, 6) is 1.21. The van der Waals surface area contributed by atoms with Crippen molar-refractivity contribution in [2.45, 2.75) is 168 Å². The molecule has 7 aliphatic rings. The summed E-state index contributed by atoms with van der Waals surface area (Å²) in [5.41, 5.74) is 5.62. The molecular weight excluding hydrogens is 608 g/mol. The van der Waals surface area contributed by atoms with Gasteiger partial charge in [0.1, 0.15) is 6.10 Å². The molecule has 2 aliphatic heterocycles. The molecule has 0 radical (unpaired) electrons. The molecule has 14 unspecified atom stereocenters. The minimum Gasteiger partial charge on any atom is -0.388 e. The molecule has 14 atom stereocenters. The second-order valence-corrected chi connectivity index (χ2v) is 20.3. The lowest BCUT2D eigenvalue weighted by Crippen LogP contribution is -2.70. The van der Waals surface area contributed by atoms with Crippen molar-refractivity contribution >= 4 is 5.91 Å². The maximum Gasteiger partial charge on any atom is 0.223 e. The van der Waals surface area contributed by atoms with Crippen LogP contribution in [0.15, 0.2) is 0 Å². The van der Waals surface area contributed by atoms with E-state index in [4.69, 9.17) is 19.9 Å². The van der Waals surface area contributed by atoms with E-state index in [1.807, 2.05) is 4.90 Å². The predicted molar refractivity (Wildman–Crippen MR) is 182 cm³/mol. The van der Waals surface area contributed by atoms with Gasteiger partial charge in [0.25, 0.3) is 0 Å². The van der Waals surface area contributed by atoms with Crippen LogP contribution in [0.25, 0.3) is 0 Å². The smallest absolute Gasteiger partial charge is 0.223 e. The van der Waals surface area contributed by atoms with Crippen molar-refractivity contribution in [1.82, 2.24) is 4.90 Å². The van der Waals surface area contributed by atoms with Gasteiger partial charge in [-0.15, -0.1) is 0 Å². The van der Waals surface area contributed by atoms with E-state index < -0.39 is 41.8 Å². The third kappa shape index (κ3) is 4.90. The molecule has 5 N–H and O–H groups in total. The molecular formula is C39H66N2O7. The maximum absolute atomic E-state index is 13.0. The van der Waals surface area contributed by atoms with Crippen LogP contribution in [0, 0.1) is 50.7 Å². The van der Waals surface area contributed by atoms with E-state index in [0.29, 0.717) is 38.5 Å². The second kappa shape index (κ2) is 11.1. The molecule has 0 aromatic heterocycles. The van der Waals surface area contributed by atoms with Gasteiger partial charge in [-0.2, -0.15) is 0 Å². The predicted octanol–water partition coefficient (Wildman–Crippen LogP) is 4.63. The molecule has 2 saturated heterocycles. The topological polar surface area (TPSA) is 135 Å². The number of carbonyl (C=O) groups is 1. The van der Waals surface area contributed by atoms with Gasteiger partial charge in [0.2, 0.25) is 5.91 Å². The van der Waals surface area contributed by atoms with Crippen molar-refractivity contribution in [1.29, 1.82) is 0 Å². The fraction of sp³-hybridized carbons (Fsp3) is 0.974. The first-order valence-corrected chi connectivity index (χ1v) is 19.2. The number of carbonyl (C=O) groups excluding carboxylic acids is 1. The molecule has 0 aromatic rings. The lowest BCUT2D eigenvalue weighted by Gasteiger charge is -2.63. The summed E-state index contributed by atoms with van der Waals surface area (Å²) in [6.07, 6.45) is 5.42. The molecule has 7 fully saturated rings. The number of hydrogen-bond acceptors (Lipinski definition) is 8. The van der Waals surface area contributed by atoms with Gasteiger partial charge in [-0.1, -0.05) is 48.5 Å². The summed E-state index contributed by atoms with van der Waals surface area (Å²) >= 11 is 0. The van der Waals surface area contributed by atoms with E-state index in [0.717, 1.165) is 38.5 Å². The number of hydrogen-bond donors (Lipinski definition) is 4. The Balaban J connectivity index is 1.09. The summed E-state index contributed by atoms with van der Waals surface area (Å²) in [7, 11) is 0. The lowest BCUT2D eigenvalue weighted by atomic mass is 9.43. The van der Waals surface area contributed by atoms with Crippen molar-refractivity contribution in [3.8, 4) is 0 Å². The SMILES string of the molecule is CC1CC(C(O)C(C)(C)O)OC2C1C1(C)CCC34CC35CCC(OC3CN(C(=O)CC(C)(C)C)CCO3)C(C)(C)C5CCC4C1(N)C2O. The number of aliphatic hydroxyl groups is 3. The average molecular weight is 675 g/mol. The monoisotopic (exact) mass is 674 g/mol. The number of nitrogens with zero attached hydrogens (tertiary/aromatic N) is 1. The van der Waals surface area contributed by atoms with Crippen molar-refractivity contribution in [2.24, 2.45) is 56.5 Å². The summed E-state index contributed by atoms with van der Waals surface area (Å²) in [6, 6.07) is 0. The van der Waals surface area contributed by atoms with Crippen molar-refractivity contribution in [2.75, 3.05) is 19.7 Å². The molecule has 7 rings (SSSR count). The summed E-state index contributed by atoms with van der Waals surface area (Å²) in [5, 5.41) is 34.0. The zero-order valence-electron chi connectivity index (χ0n) is 31.3. The van der Waals surface area contributed by atoms with Crippen LogP contribution in [-0.4, -0.2) is 93.8 Å². The Morgan fingerprint density at radius 2 is 1.71 bits per heavy atom. The standard InChI is InChI=1S/C39H66N2O7/c1-22-18-23(31(43)35(7,8)45)47-30-29(22)36(9)14-15-38-21-37(38)13-12-26(34(5,6)24(37)10-11-25(38)39(36,40)32(30)44)48-28-20-41(16-17-46-28)27(42)19-33(2,3)4/h22-26,28-32,43-45H,10-21,40H2,1-9H3. The summed E-state index contributed by atoms with van der Waals surface area (Å²) in [6.45, 7) is 20.5. The van der Waals surface area contributed by atoms with Gasteiger partial charge < -0.3 is 40.2 Å². The minimum absolute atomic E-state index is 0.0526. The molecule has 5 saturated carbocycles. The first-order valence-electron chi connectivity index (χ1n) is 19.2. The molecule has 9 heteroatoms. The molecule has 9 nitrogen and oxygen atoms in total. The van der Waals surface area contributed by atoms with Gasteiger partial charge in [0.05, 0.1) is 48.7 Å². The number of fused-ring (bicyclic) bond motifs is 4. The quantitative estimate of drug-likeness (QED) is 0.332. The fourth-order valence-electron chi connectivity index (χ4n) is 13.5.